The van der Waals surface area contributed by atoms with Gasteiger partial charge >= 0.3 is 0 Å². The Morgan fingerprint density at radius 2 is 2.08 bits per heavy atom. The van der Waals surface area contributed by atoms with Gasteiger partial charge in [-0.3, -0.25) is 4.79 Å². The van der Waals surface area contributed by atoms with Crippen LogP contribution in [-0.4, -0.2) is 17.0 Å². The summed E-state index contributed by atoms with van der Waals surface area (Å²) >= 11 is 0. The summed E-state index contributed by atoms with van der Waals surface area (Å²) in [7, 11) is 0. The molecule has 0 aromatic heterocycles. The number of hydrogen-bond donors (Lipinski definition) is 1. The van der Waals surface area contributed by atoms with Gasteiger partial charge in [-0.2, -0.15) is 0 Å². The molecule has 4 aliphatic rings. The van der Waals surface area contributed by atoms with Crippen molar-refractivity contribution in [3.8, 4) is 0 Å². The highest BCUT2D eigenvalue weighted by atomic mass is 16.3. The van der Waals surface area contributed by atoms with Crippen LogP contribution in [0.15, 0.2) is 11.6 Å². The molecule has 25 heavy (non-hydrogen) atoms. The average Bonchev–Trinajstić information content (AvgIpc) is 2.91. The highest BCUT2D eigenvalue weighted by Gasteiger charge is 2.58. The maximum absolute atomic E-state index is 11.9. The van der Waals surface area contributed by atoms with Crippen LogP contribution in [0.2, 0.25) is 0 Å². The number of carbonyl (C=O) groups excluding carboxylic acids is 1. The second-order valence-electron chi connectivity index (χ2n) is 9.94. The number of carbonyl (C=O) groups is 1. The van der Waals surface area contributed by atoms with Gasteiger partial charge in [0, 0.05) is 6.42 Å². The largest absolute Gasteiger partial charge is 0.393 e. The number of aliphatic hydroxyl groups excluding tert-OH is 1. The van der Waals surface area contributed by atoms with E-state index in [9.17, 15) is 9.90 Å². The van der Waals surface area contributed by atoms with Crippen LogP contribution in [0.4, 0.5) is 0 Å². The van der Waals surface area contributed by atoms with Crippen LogP contribution >= 0.6 is 0 Å². The molecular formula is C23H36O2. The van der Waals surface area contributed by atoms with Crippen LogP contribution in [0.3, 0.4) is 0 Å². The Balaban J connectivity index is 1.60. The van der Waals surface area contributed by atoms with Crippen molar-refractivity contribution >= 4 is 5.78 Å². The molecule has 4 rings (SSSR count). The summed E-state index contributed by atoms with van der Waals surface area (Å²) in [5, 5.41) is 10.8. The lowest BCUT2D eigenvalue weighted by atomic mass is 9.48. The van der Waals surface area contributed by atoms with Crippen molar-refractivity contribution in [1.82, 2.24) is 0 Å². The Morgan fingerprint density at radius 1 is 1.28 bits per heavy atom. The second kappa shape index (κ2) is 6.51. The summed E-state index contributed by atoms with van der Waals surface area (Å²) in [6.07, 6.45) is 12.1. The van der Waals surface area contributed by atoms with Gasteiger partial charge in [0.1, 0.15) is 0 Å². The van der Waals surface area contributed by atoms with Crippen LogP contribution in [0.25, 0.3) is 0 Å². The Labute approximate surface area is 153 Å². The monoisotopic (exact) mass is 344 g/mol. The molecule has 3 fully saturated rings. The number of rotatable bonds is 3. The number of fused-ring (bicyclic) bond motifs is 5. The Kier molecular flexibility index (Phi) is 4.63. The molecule has 0 radical (unpaired) electrons. The van der Waals surface area contributed by atoms with Crippen molar-refractivity contribution in [3.63, 3.8) is 0 Å². The maximum Gasteiger partial charge on any atom is 0.155 e. The zero-order chi connectivity index (χ0) is 17.8. The third-order valence-electron chi connectivity index (χ3n) is 8.76. The highest BCUT2D eigenvalue weighted by molar-refractivity contribution is 5.91. The first kappa shape index (κ1) is 17.8. The number of aliphatic hydroxyl groups is 1. The number of allylic oxidation sites excluding steroid dienone is 1. The van der Waals surface area contributed by atoms with E-state index in [0.717, 1.165) is 49.9 Å². The molecule has 0 saturated heterocycles. The number of hydrogen-bond acceptors (Lipinski definition) is 2. The lowest BCUT2D eigenvalue weighted by Gasteiger charge is -2.56. The van der Waals surface area contributed by atoms with E-state index in [2.05, 4.69) is 20.8 Å². The summed E-state index contributed by atoms with van der Waals surface area (Å²) in [5.74, 6) is 4.65. The zero-order valence-electron chi connectivity index (χ0n) is 16.3. The van der Waals surface area contributed by atoms with Gasteiger partial charge < -0.3 is 5.11 Å². The van der Waals surface area contributed by atoms with Crippen molar-refractivity contribution < 1.29 is 9.90 Å². The van der Waals surface area contributed by atoms with Crippen LogP contribution in [-0.2, 0) is 4.79 Å². The molecular weight excluding hydrogens is 308 g/mol. The minimum atomic E-state index is -0.0989. The fourth-order valence-corrected chi connectivity index (χ4v) is 7.76. The fraction of sp³-hybridized carbons (Fsp3) is 0.870. The van der Waals surface area contributed by atoms with Gasteiger partial charge in [-0.15, -0.1) is 0 Å². The molecule has 0 aromatic carbocycles. The molecule has 1 N–H and O–H groups in total. The number of ketones is 1. The van der Waals surface area contributed by atoms with E-state index in [1.54, 1.807) is 0 Å². The molecule has 0 unspecified atom stereocenters. The van der Waals surface area contributed by atoms with E-state index in [0.29, 0.717) is 29.0 Å². The third-order valence-corrected chi connectivity index (χ3v) is 8.76. The van der Waals surface area contributed by atoms with E-state index in [4.69, 9.17) is 0 Å². The van der Waals surface area contributed by atoms with E-state index >= 15 is 0 Å². The van der Waals surface area contributed by atoms with Crippen LogP contribution in [0.1, 0.15) is 78.6 Å². The summed E-state index contributed by atoms with van der Waals surface area (Å²) < 4.78 is 0. The molecule has 3 saturated carbocycles. The van der Waals surface area contributed by atoms with Crippen LogP contribution in [0, 0.1) is 40.9 Å². The average molecular weight is 345 g/mol. The third kappa shape index (κ3) is 2.74. The summed E-state index contributed by atoms with van der Waals surface area (Å²) in [6, 6.07) is 0. The molecule has 0 bridgehead atoms. The Morgan fingerprint density at radius 3 is 2.84 bits per heavy atom. The predicted octanol–water partition coefficient (Wildman–Crippen LogP) is 5.15. The van der Waals surface area contributed by atoms with Gasteiger partial charge in [-0.1, -0.05) is 32.8 Å². The molecule has 8 atom stereocenters. The van der Waals surface area contributed by atoms with E-state index in [-0.39, 0.29) is 6.10 Å². The SMILES string of the molecule is CCC[C@@H](O)[C@H]1CC[C@@H]2[C@H]3[C@H](CC[C@@]21C)[C@H]1CCC(=O)C=C1C[C@H]3C. The second-order valence-corrected chi connectivity index (χ2v) is 9.94. The summed E-state index contributed by atoms with van der Waals surface area (Å²) in [5.41, 5.74) is 1.82. The van der Waals surface area contributed by atoms with E-state index in [1.165, 1.54) is 31.3 Å². The topological polar surface area (TPSA) is 37.3 Å². The minimum absolute atomic E-state index is 0.0989. The quantitative estimate of drug-likeness (QED) is 0.768. The van der Waals surface area contributed by atoms with Gasteiger partial charge in [0.2, 0.25) is 0 Å². The first-order valence-electron chi connectivity index (χ1n) is 10.9. The Hall–Kier alpha value is -0.630. The van der Waals surface area contributed by atoms with Crippen molar-refractivity contribution in [3.05, 3.63) is 11.6 Å². The predicted molar refractivity (Wildman–Crippen MR) is 101 cm³/mol. The van der Waals surface area contributed by atoms with Gasteiger partial charge in [0.15, 0.2) is 5.78 Å². The molecule has 4 aliphatic carbocycles. The van der Waals surface area contributed by atoms with Crippen LogP contribution in [0.5, 0.6) is 0 Å². The maximum atomic E-state index is 11.9. The van der Waals surface area contributed by atoms with Crippen molar-refractivity contribution in [2.45, 2.75) is 84.7 Å². The van der Waals surface area contributed by atoms with Crippen molar-refractivity contribution in [2.24, 2.45) is 40.9 Å². The fourth-order valence-electron chi connectivity index (χ4n) is 7.76. The first-order valence-corrected chi connectivity index (χ1v) is 10.9. The first-order chi connectivity index (χ1) is 12.0. The molecule has 2 heteroatoms. The summed E-state index contributed by atoms with van der Waals surface area (Å²) in [4.78, 5) is 11.9. The lowest BCUT2D eigenvalue weighted by Crippen LogP contribution is -2.50. The lowest BCUT2D eigenvalue weighted by molar-refractivity contribution is -0.116. The summed E-state index contributed by atoms with van der Waals surface area (Å²) in [6.45, 7) is 7.14. The smallest absolute Gasteiger partial charge is 0.155 e. The molecule has 0 aliphatic heterocycles. The highest BCUT2D eigenvalue weighted by Crippen LogP contribution is 2.65. The van der Waals surface area contributed by atoms with E-state index in [1.807, 2.05) is 6.08 Å². The van der Waals surface area contributed by atoms with Crippen molar-refractivity contribution in [1.29, 1.82) is 0 Å². The molecule has 0 aromatic rings. The van der Waals surface area contributed by atoms with Crippen molar-refractivity contribution in [2.75, 3.05) is 0 Å². The standard InChI is InChI=1S/C23H36O2/c1-4-5-21(25)19-8-9-20-22-14(2)12-15-13-16(24)6-7-17(15)18(22)10-11-23(19,20)3/h13-14,17-22,25H,4-12H2,1-3H3/t14-,17+,18-,19-,20-,21-,22-,23-/m1/s1. The van der Waals surface area contributed by atoms with Gasteiger partial charge in [-0.05, 0) is 91.9 Å². The molecule has 0 spiro atoms. The normalized spacial score (nSPS) is 47.5. The molecule has 140 valence electrons. The molecule has 0 amide bonds. The molecule has 0 heterocycles. The van der Waals surface area contributed by atoms with Gasteiger partial charge in [0.05, 0.1) is 6.10 Å². The molecule has 2 nitrogen and oxygen atoms in total. The minimum Gasteiger partial charge on any atom is -0.393 e. The van der Waals surface area contributed by atoms with E-state index < -0.39 is 0 Å². The Bertz CT molecular complexity index is 564. The van der Waals surface area contributed by atoms with Gasteiger partial charge in [-0.25, -0.2) is 0 Å². The van der Waals surface area contributed by atoms with Crippen LogP contribution < -0.4 is 0 Å². The van der Waals surface area contributed by atoms with Gasteiger partial charge in [0.25, 0.3) is 0 Å². The zero-order valence-corrected chi connectivity index (χ0v) is 16.3.